The predicted molar refractivity (Wildman–Crippen MR) is 65.7 cm³/mol. The van der Waals surface area contributed by atoms with Gasteiger partial charge in [0.2, 0.25) is 0 Å². The van der Waals surface area contributed by atoms with Crippen molar-refractivity contribution in [3.05, 3.63) is 23.8 Å². The lowest BCUT2D eigenvalue weighted by atomic mass is 9.71. The molecule has 0 heterocycles. The summed E-state index contributed by atoms with van der Waals surface area (Å²) in [4.78, 5) is 0. The molecule has 0 bridgehead atoms. The molecule has 0 radical (unpaired) electrons. The summed E-state index contributed by atoms with van der Waals surface area (Å²) in [5.41, 5.74) is 0.626. The van der Waals surface area contributed by atoms with Gasteiger partial charge in [0, 0.05) is 0 Å². The van der Waals surface area contributed by atoms with Crippen LogP contribution in [0.4, 0.5) is 0 Å². The standard InChI is InChI=1S/C14H24O/c1-5-11(3)13-9-7-8-10-14(13,15)12(4)6-2/h7-9,11-12,15H,5-6,10H2,1-4H3. The molecule has 0 saturated carbocycles. The molecule has 0 fully saturated rings. The van der Waals surface area contributed by atoms with Crippen LogP contribution in [-0.2, 0) is 0 Å². The number of rotatable bonds is 4. The second-order valence-electron chi connectivity index (χ2n) is 4.80. The van der Waals surface area contributed by atoms with Crippen LogP contribution in [0.5, 0.6) is 0 Å². The Bertz CT molecular complexity index is 265. The van der Waals surface area contributed by atoms with Gasteiger partial charge in [-0.15, -0.1) is 0 Å². The zero-order chi connectivity index (χ0) is 11.5. The van der Waals surface area contributed by atoms with Gasteiger partial charge in [-0.3, -0.25) is 0 Å². The van der Waals surface area contributed by atoms with Gasteiger partial charge in [-0.05, 0) is 30.3 Å². The first-order valence-corrected chi connectivity index (χ1v) is 6.15. The minimum Gasteiger partial charge on any atom is -0.385 e. The smallest absolute Gasteiger partial charge is 0.0922 e. The summed E-state index contributed by atoms with van der Waals surface area (Å²) in [6.07, 6.45) is 9.18. The van der Waals surface area contributed by atoms with Crippen molar-refractivity contribution >= 4 is 0 Å². The van der Waals surface area contributed by atoms with E-state index in [-0.39, 0.29) is 0 Å². The van der Waals surface area contributed by atoms with E-state index in [2.05, 4.69) is 45.9 Å². The van der Waals surface area contributed by atoms with Crippen LogP contribution in [0.3, 0.4) is 0 Å². The van der Waals surface area contributed by atoms with Crippen molar-refractivity contribution in [2.75, 3.05) is 0 Å². The average Bonchev–Trinajstić information content (AvgIpc) is 2.27. The van der Waals surface area contributed by atoms with E-state index in [1.165, 1.54) is 5.57 Å². The second kappa shape index (κ2) is 4.98. The van der Waals surface area contributed by atoms with Gasteiger partial charge >= 0.3 is 0 Å². The molecule has 1 aliphatic carbocycles. The Morgan fingerprint density at radius 3 is 2.53 bits per heavy atom. The van der Waals surface area contributed by atoms with Gasteiger partial charge in [0.1, 0.15) is 0 Å². The molecule has 1 aliphatic rings. The lowest BCUT2D eigenvalue weighted by molar-refractivity contribution is 0.0150. The molecule has 1 N–H and O–H groups in total. The highest BCUT2D eigenvalue weighted by molar-refractivity contribution is 5.30. The van der Waals surface area contributed by atoms with Crippen LogP contribution in [-0.4, -0.2) is 10.7 Å². The molecular formula is C14H24O. The third kappa shape index (κ3) is 2.34. The summed E-state index contributed by atoms with van der Waals surface area (Å²) in [5, 5.41) is 10.8. The Labute approximate surface area is 93.9 Å². The zero-order valence-corrected chi connectivity index (χ0v) is 10.5. The molecule has 1 nitrogen and oxygen atoms in total. The van der Waals surface area contributed by atoms with Crippen LogP contribution in [0, 0.1) is 11.8 Å². The summed E-state index contributed by atoms with van der Waals surface area (Å²) in [7, 11) is 0. The van der Waals surface area contributed by atoms with Crippen LogP contribution < -0.4 is 0 Å². The highest BCUT2D eigenvalue weighted by Gasteiger charge is 2.38. The van der Waals surface area contributed by atoms with Crippen LogP contribution in [0.1, 0.15) is 47.0 Å². The molecule has 0 aromatic rings. The van der Waals surface area contributed by atoms with Gasteiger partial charge in [0.15, 0.2) is 0 Å². The van der Waals surface area contributed by atoms with E-state index in [1.807, 2.05) is 0 Å². The summed E-state index contributed by atoms with van der Waals surface area (Å²) in [5.74, 6) is 0.816. The molecule has 0 spiro atoms. The van der Waals surface area contributed by atoms with Crippen molar-refractivity contribution in [2.45, 2.75) is 52.6 Å². The maximum absolute atomic E-state index is 10.8. The molecule has 86 valence electrons. The minimum atomic E-state index is -0.598. The zero-order valence-electron chi connectivity index (χ0n) is 10.5. The Hall–Kier alpha value is -0.560. The van der Waals surface area contributed by atoms with Crippen molar-refractivity contribution in [3.63, 3.8) is 0 Å². The number of hydrogen-bond donors (Lipinski definition) is 1. The van der Waals surface area contributed by atoms with Crippen LogP contribution >= 0.6 is 0 Å². The summed E-state index contributed by atoms with van der Waals surface area (Å²) < 4.78 is 0. The first kappa shape index (κ1) is 12.5. The van der Waals surface area contributed by atoms with Crippen molar-refractivity contribution in [2.24, 2.45) is 11.8 Å². The normalized spacial score (nSPS) is 29.8. The topological polar surface area (TPSA) is 20.2 Å². The molecule has 0 aromatic heterocycles. The molecule has 0 aromatic carbocycles. The van der Waals surface area contributed by atoms with E-state index >= 15 is 0 Å². The fourth-order valence-corrected chi connectivity index (χ4v) is 2.32. The van der Waals surface area contributed by atoms with Crippen molar-refractivity contribution in [1.29, 1.82) is 0 Å². The molecule has 3 unspecified atom stereocenters. The van der Waals surface area contributed by atoms with E-state index in [1.54, 1.807) is 0 Å². The molecule has 0 amide bonds. The van der Waals surface area contributed by atoms with Gasteiger partial charge in [0.05, 0.1) is 5.60 Å². The second-order valence-corrected chi connectivity index (χ2v) is 4.80. The lowest BCUT2D eigenvalue weighted by Gasteiger charge is -2.39. The summed E-state index contributed by atoms with van der Waals surface area (Å²) >= 11 is 0. The van der Waals surface area contributed by atoms with Gasteiger partial charge < -0.3 is 5.11 Å². The molecule has 15 heavy (non-hydrogen) atoms. The van der Waals surface area contributed by atoms with E-state index in [0.29, 0.717) is 11.8 Å². The van der Waals surface area contributed by atoms with E-state index < -0.39 is 5.60 Å². The number of aliphatic hydroxyl groups is 1. The van der Waals surface area contributed by atoms with E-state index in [0.717, 1.165) is 19.3 Å². The van der Waals surface area contributed by atoms with Crippen molar-refractivity contribution < 1.29 is 5.11 Å². The Morgan fingerprint density at radius 2 is 2.00 bits per heavy atom. The molecule has 1 heteroatoms. The van der Waals surface area contributed by atoms with Crippen molar-refractivity contribution in [3.8, 4) is 0 Å². The van der Waals surface area contributed by atoms with Crippen molar-refractivity contribution in [1.82, 2.24) is 0 Å². The lowest BCUT2D eigenvalue weighted by Crippen LogP contribution is -2.41. The van der Waals surface area contributed by atoms with Gasteiger partial charge in [0.25, 0.3) is 0 Å². The largest absolute Gasteiger partial charge is 0.385 e. The molecule has 0 saturated heterocycles. The van der Waals surface area contributed by atoms with Gasteiger partial charge in [-0.2, -0.15) is 0 Å². The van der Waals surface area contributed by atoms with E-state index in [9.17, 15) is 5.11 Å². The predicted octanol–water partition coefficient (Wildman–Crippen LogP) is 3.70. The highest BCUT2D eigenvalue weighted by Crippen LogP contribution is 2.39. The quantitative estimate of drug-likeness (QED) is 0.747. The summed E-state index contributed by atoms with van der Waals surface area (Å²) in [6, 6.07) is 0. The maximum atomic E-state index is 10.8. The first-order valence-electron chi connectivity index (χ1n) is 6.15. The maximum Gasteiger partial charge on any atom is 0.0922 e. The molecule has 3 atom stereocenters. The van der Waals surface area contributed by atoms with E-state index in [4.69, 9.17) is 0 Å². The third-order valence-electron chi connectivity index (χ3n) is 3.91. The monoisotopic (exact) mass is 208 g/mol. The fourth-order valence-electron chi connectivity index (χ4n) is 2.32. The SMILES string of the molecule is CCC(C)C1=CC=CCC1(O)C(C)CC. The first-order chi connectivity index (χ1) is 7.06. The number of allylic oxidation sites excluding steroid dienone is 2. The average molecular weight is 208 g/mol. The Balaban J connectivity index is 2.97. The van der Waals surface area contributed by atoms with Crippen LogP contribution in [0.15, 0.2) is 23.8 Å². The highest BCUT2D eigenvalue weighted by atomic mass is 16.3. The molecule has 1 rings (SSSR count). The van der Waals surface area contributed by atoms with Crippen LogP contribution in [0.25, 0.3) is 0 Å². The molecule has 0 aliphatic heterocycles. The minimum absolute atomic E-state index is 0.336. The van der Waals surface area contributed by atoms with Crippen LogP contribution in [0.2, 0.25) is 0 Å². The third-order valence-corrected chi connectivity index (χ3v) is 3.91. The van der Waals surface area contributed by atoms with Gasteiger partial charge in [-0.1, -0.05) is 52.3 Å². The van der Waals surface area contributed by atoms with Gasteiger partial charge in [-0.25, -0.2) is 0 Å². The fraction of sp³-hybridized carbons (Fsp3) is 0.714. The Kier molecular flexibility index (Phi) is 4.15. The molecular weight excluding hydrogens is 184 g/mol. The summed E-state index contributed by atoms with van der Waals surface area (Å²) in [6.45, 7) is 8.68. The Morgan fingerprint density at radius 1 is 1.33 bits per heavy atom. The number of hydrogen-bond acceptors (Lipinski definition) is 1.